The second-order valence-corrected chi connectivity index (χ2v) is 15.4. The zero-order valence-corrected chi connectivity index (χ0v) is 28.4. The second kappa shape index (κ2) is 13.2. The van der Waals surface area contributed by atoms with Gasteiger partial charge < -0.3 is 24.9 Å². The molecule has 3 amide bonds. The lowest BCUT2D eigenvalue weighted by Crippen LogP contribution is -2.42. The van der Waals surface area contributed by atoms with E-state index in [4.69, 9.17) is 26.2 Å². The highest BCUT2D eigenvalue weighted by molar-refractivity contribution is 8.00. The number of carbonyl (C=O) groups is 4. The number of benzene rings is 2. The van der Waals surface area contributed by atoms with Crippen LogP contribution < -0.4 is 19.7 Å². The Morgan fingerprint density at radius 2 is 1.79 bits per heavy atom. The van der Waals surface area contributed by atoms with Crippen molar-refractivity contribution in [1.82, 2.24) is 9.88 Å². The fourth-order valence-corrected chi connectivity index (χ4v) is 11.3. The summed E-state index contributed by atoms with van der Waals surface area (Å²) in [5.74, 6) is -1.75. The molecule has 2 aliphatic carbocycles. The van der Waals surface area contributed by atoms with Crippen LogP contribution in [0.2, 0.25) is 5.02 Å². The van der Waals surface area contributed by atoms with E-state index < -0.39 is 17.8 Å². The molecule has 252 valence electrons. The highest BCUT2D eigenvalue weighted by Crippen LogP contribution is 2.69. The number of fused-ring (bicyclic) bond motifs is 9. The molecule has 48 heavy (non-hydrogen) atoms. The fraction of sp³-hybridized carbons (Fsp3) is 0.441. The van der Waals surface area contributed by atoms with Gasteiger partial charge in [0.25, 0.3) is 5.91 Å². The first-order valence-corrected chi connectivity index (χ1v) is 18.0. The predicted molar refractivity (Wildman–Crippen MR) is 180 cm³/mol. The Kier molecular flexibility index (Phi) is 9.03. The number of nitrogens with one attached hydrogen (secondary N) is 2. The number of carboxylic acids is 1. The van der Waals surface area contributed by atoms with Gasteiger partial charge in [-0.05, 0) is 79.5 Å². The molecule has 3 fully saturated rings. The smallest absolute Gasteiger partial charge is 0.305 e. The Morgan fingerprint density at radius 1 is 1.04 bits per heavy atom. The largest absolute Gasteiger partial charge is 0.497 e. The molecule has 3 N–H and O–H groups in total. The minimum Gasteiger partial charge on any atom is -0.497 e. The molecular formula is C34H34ClN3O8S2. The van der Waals surface area contributed by atoms with Gasteiger partial charge in [-0.25, -0.2) is 0 Å². The Balaban J connectivity index is 1.15. The number of carboxylic acid groups (broad SMARTS) is 1. The maximum atomic E-state index is 13.9. The van der Waals surface area contributed by atoms with Crippen LogP contribution in [0, 0.1) is 29.6 Å². The summed E-state index contributed by atoms with van der Waals surface area (Å²) in [6.07, 6.45) is 2.49. The summed E-state index contributed by atoms with van der Waals surface area (Å²) in [7, 11) is 1.57. The molecule has 7 atom stereocenters. The molecule has 0 radical (unpaired) electrons. The van der Waals surface area contributed by atoms with Crippen LogP contribution >= 0.6 is 34.7 Å². The van der Waals surface area contributed by atoms with Gasteiger partial charge in [0, 0.05) is 45.3 Å². The van der Waals surface area contributed by atoms with E-state index in [2.05, 4.69) is 10.3 Å². The Bertz CT molecular complexity index is 1830. The van der Waals surface area contributed by atoms with Crippen molar-refractivity contribution in [2.24, 2.45) is 29.6 Å². The van der Waals surface area contributed by atoms with Crippen molar-refractivity contribution in [1.29, 1.82) is 0 Å². The quantitative estimate of drug-likeness (QED) is 0.169. The number of hydrogen-bond acceptors (Lipinski definition) is 9. The highest BCUT2D eigenvalue weighted by atomic mass is 35.5. The number of anilines is 1. The molecule has 0 spiro atoms. The molecule has 14 heteroatoms. The van der Waals surface area contributed by atoms with Crippen LogP contribution in [-0.4, -0.2) is 64.2 Å². The lowest BCUT2D eigenvalue weighted by Gasteiger charge is -2.43. The zero-order valence-electron chi connectivity index (χ0n) is 26.0. The number of aromatic nitrogens is 1. The van der Waals surface area contributed by atoms with E-state index in [0.717, 1.165) is 33.2 Å². The van der Waals surface area contributed by atoms with E-state index in [9.17, 15) is 24.0 Å². The fourth-order valence-electron chi connectivity index (χ4n) is 8.28. The van der Waals surface area contributed by atoms with Gasteiger partial charge >= 0.3 is 10.8 Å². The van der Waals surface area contributed by atoms with Crippen LogP contribution in [0.25, 0.3) is 0 Å². The van der Waals surface area contributed by atoms with Crippen LogP contribution in [0.1, 0.15) is 48.5 Å². The molecule has 6 unspecified atom stereocenters. The molecule has 2 saturated carbocycles. The van der Waals surface area contributed by atoms with Crippen molar-refractivity contribution in [3.05, 3.63) is 67.6 Å². The number of thioether (sulfide) groups is 1. The lowest BCUT2D eigenvalue weighted by atomic mass is 9.68. The van der Waals surface area contributed by atoms with Crippen molar-refractivity contribution >= 4 is 64.1 Å². The van der Waals surface area contributed by atoms with Crippen molar-refractivity contribution in [2.75, 3.05) is 25.6 Å². The summed E-state index contributed by atoms with van der Waals surface area (Å²) in [5.41, 5.74) is 1.33. The summed E-state index contributed by atoms with van der Waals surface area (Å²) in [4.78, 5) is 69.1. The number of unbranched alkanes of at least 4 members (excludes halogenated alkanes) is 2. The number of nitrogens with zero attached hydrogens (tertiary/aromatic N) is 1. The molecule has 11 nitrogen and oxygen atoms in total. The number of H-pyrrole nitrogens is 1. The molecule has 2 aliphatic heterocycles. The van der Waals surface area contributed by atoms with Gasteiger partial charge in [0.1, 0.15) is 11.5 Å². The average Bonchev–Trinajstić information content (AvgIpc) is 3.80. The third-order valence-electron chi connectivity index (χ3n) is 10.1. The van der Waals surface area contributed by atoms with Gasteiger partial charge in [-0.2, -0.15) is 0 Å². The number of halogens is 1. The SMILES string of the molecule is COc1ccc(NC(=O)COc2ccc(Cl)cc2[C@H]2c3sc(=O)[nH]c3SC3C4CC(C5C(=O)N(CCCCCC(=O)O)C(=O)C45)C32)cc1. The zero-order chi connectivity index (χ0) is 33.7. The van der Waals surface area contributed by atoms with E-state index >= 15 is 0 Å². The normalized spacial score (nSPS) is 26.6. The maximum absolute atomic E-state index is 13.9. The van der Waals surface area contributed by atoms with E-state index in [0.29, 0.717) is 48.0 Å². The average molecular weight is 712 g/mol. The minimum absolute atomic E-state index is 0.0172. The number of aromatic amines is 1. The number of thiazole rings is 1. The van der Waals surface area contributed by atoms with E-state index in [1.807, 2.05) is 6.07 Å². The van der Waals surface area contributed by atoms with Crippen molar-refractivity contribution in [2.45, 2.75) is 48.3 Å². The second-order valence-electron chi connectivity index (χ2n) is 12.7. The van der Waals surface area contributed by atoms with Gasteiger partial charge in [0.15, 0.2) is 6.61 Å². The number of likely N-dealkylation sites (tertiary alicyclic amines) is 1. The van der Waals surface area contributed by atoms with Crippen LogP contribution in [0.5, 0.6) is 11.5 Å². The van der Waals surface area contributed by atoms with E-state index in [-0.39, 0.29) is 64.5 Å². The molecule has 4 aliphatic rings. The van der Waals surface area contributed by atoms with Crippen molar-refractivity contribution in [3.63, 3.8) is 0 Å². The molecule has 3 heterocycles. The van der Waals surface area contributed by atoms with Gasteiger partial charge in [-0.1, -0.05) is 29.4 Å². The Morgan fingerprint density at radius 3 is 2.52 bits per heavy atom. The number of aliphatic carboxylic acids is 1. The number of carbonyl (C=O) groups excluding carboxylic acids is 3. The summed E-state index contributed by atoms with van der Waals surface area (Å²) in [6.45, 7) is 0.0266. The molecule has 2 bridgehead atoms. The highest BCUT2D eigenvalue weighted by Gasteiger charge is 2.69. The third kappa shape index (κ3) is 5.90. The molecule has 3 aromatic rings. The number of methoxy groups -OCH3 is 1. The van der Waals surface area contributed by atoms with E-state index in [1.165, 1.54) is 4.90 Å². The predicted octanol–water partition coefficient (Wildman–Crippen LogP) is 5.23. The molecule has 7 rings (SSSR count). The van der Waals surface area contributed by atoms with Gasteiger partial charge in [0.05, 0.1) is 24.0 Å². The number of amides is 3. The Hall–Kier alpha value is -3.81. The van der Waals surface area contributed by atoms with Crippen LogP contribution in [0.3, 0.4) is 0 Å². The topological polar surface area (TPSA) is 155 Å². The third-order valence-corrected chi connectivity index (χ3v) is 13.0. The van der Waals surface area contributed by atoms with Gasteiger partial charge in [-0.15, -0.1) is 11.8 Å². The first-order chi connectivity index (χ1) is 23.1. The van der Waals surface area contributed by atoms with Crippen LogP contribution in [-0.2, 0) is 19.2 Å². The maximum Gasteiger partial charge on any atom is 0.305 e. The minimum atomic E-state index is -0.857. The van der Waals surface area contributed by atoms with E-state index in [1.54, 1.807) is 55.3 Å². The number of hydrogen-bond donors (Lipinski definition) is 3. The number of ether oxygens (including phenoxy) is 2. The molecule has 2 aromatic carbocycles. The van der Waals surface area contributed by atoms with Gasteiger partial charge in [-0.3, -0.25) is 28.9 Å². The molecule has 1 saturated heterocycles. The standard InChI is InChI=1S/C34H34ClN3O8S2/c1-45-18-9-7-17(8-10-18)36-23(39)15-46-22-11-6-16(35)13-19(22)25-26-20-14-21(29(26)47-31-30(25)48-34(44)37-31)28-27(20)32(42)38(33(28)43)12-4-2-3-5-24(40)41/h6-11,13,20-21,25-29H,2-5,12,14-15H2,1H3,(H,36,39)(H,37,44)(H,40,41)/t20?,21?,25-,26?,27?,28?,29?/m1/s1. The van der Waals surface area contributed by atoms with Crippen molar-refractivity contribution in [3.8, 4) is 11.5 Å². The summed E-state index contributed by atoms with van der Waals surface area (Å²) < 4.78 is 11.3. The van der Waals surface area contributed by atoms with Crippen LogP contribution in [0.15, 0.2) is 52.3 Å². The number of imide groups is 1. The monoisotopic (exact) mass is 711 g/mol. The first kappa shape index (κ1) is 32.7. The first-order valence-electron chi connectivity index (χ1n) is 16.0. The molecular weight excluding hydrogens is 678 g/mol. The Labute approximate surface area is 289 Å². The van der Waals surface area contributed by atoms with Crippen molar-refractivity contribution < 1.29 is 33.8 Å². The summed E-state index contributed by atoms with van der Waals surface area (Å²) in [5, 5.41) is 13.0. The summed E-state index contributed by atoms with van der Waals surface area (Å²) >= 11 is 9.30. The van der Waals surface area contributed by atoms with Gasteiger partial charge in [0.2, 0.25) is 11.8 Å². The lowest BCUT2D eigenvalue weighted by molar-refractivity contribution is -0.141. The molecule has 1 aromatic heterocycles. The number of rotatable bonds is 12. The summed E-state index contributed by atoms with van der Waals surface area (Å²) in [6, 6.07) is 12.2. The van der Waals surface area contributed by atoms with Crippen LogP contribution in [0.4, 0.5) is 5.69 Å².